The summed E-state index contributed by atoms with van der Waals surface area (Å²) in [6, 6.07) is 30.6. The molecule has 0 spiro atoms. The number of hydrogen-bond acceptors (Lipinski definition) is 2. The second-order valence-corrected chi connectivity index (χ2v) is 7.26. The van der Waals surface area contributed by atoms with Gasteiger partial charge in [0.2, 0.25) is 0 Å². The first-order chi connectivity index (χ1) is 14.6. The molecular weight excluding hydrogens is 370 g/mol. The Morgan fingerprint density at radius 1 is 0.833 bits per heavy atom. The van der Waals surface area contributed by atoms with Crippen molar-refractivity contribution in [3.8, 4) is 5.75 Å². The van der Waals surface area contributed by atoms with Gasteiger partial charge in [-0.3, -0.25) is 4.79 Å². The molecule has 0 unspecified atom stereocenters. The summed E-state index contributed by atoms with van der Waals surface area (Å²) in [5.41, 5.74) is 2.88. The zero-order valence-electron chi connectivity index (χ0n) is 16.7. The number of amides is 1. The lowest BCUT2D eigenvalue weighted by molar-refractivity contribution is -0.116. The molecule has 4 rings (SSSR count). The third-order valence-electron chi connectivity index (χ3n) is 5.18. The highest BCUT2D eigenvalue weighted by molar-refractivity contribution is 6.27. The van der Waals surface area contributed by atoms with Gasteiger partial charge >= 0.3 is 0 Å². The Morgan fingerprint density at radius 2 is 1.47 bits per heavy atom. The molecule has 0 aromatic heterocycles. The summed E-state index contributed by atoms with van der Waals surface area (Å²) in [5, 5.41) is 15.6. The normalized spacial score (nSPS) is 12.5. The van der Waals surface area contributed by atoms with Gasteiger partial charge in [0.15, 0.2) is 0 Å². The summed E-state index contributed by atoms with van der Waals surface area (Å²) in [5.74, 6) is -0.153. The summed E-state index contributed by atoms with van der Waals surface area (Å²) in [4.78, 5) is 13.4. The number of nitrogens with one attached hydrogen (secondary N) is 1. The van der Waals surface area contributed by atoms with Gasteiger partial charge < -0.3 is 10.4 Å². The third-order valence-corrected chi connectivity index (χ3v) is 5.18. The maximum atomic E-state index is 13.4. The van der Waals surface area contributed by atoms with E-state index in [4.69, 9.17) is 0 Å². The van der Waals surface area contributed by atoms with Crippen LogP contribution in [-0.4, -0.2) is 11.0 Å². The number of rotatable bonds is 5. The largest absolute Gasteiger partial charge is 0.507 e. The molecule has 0 radical (unpaired) electrons. The first-order valence-corrected chi connectivity index (χ1v) is 9.97. The van der Waals surface area contributed by atoms with Gasteiger partial charge in [0.25, 0.3) is 5.91 Å². The Kier molecular flexibility index (Phi) is 5.62. The average molecular weight is 393 g/mol. The molecule has 0 aliphatic carbocycles. The van der Waals surface area contributed by atoms with E-state index in [1.165, 1.54) is 0 Å². The van der Waals surface area contributed by atoms with Gasteiger partial charge in [0.1, 0.15) is 5.75 Å². The smallest absolute Gasteiger partial charge is 0.252 e. The van der Waals surface area contributed by atoms with Crippen molar-refractivity contribution in [3.63, 3.8) is 0 Å². The first-order valence-electron chi connectivity index (χ1n) is 9.97. The van der Waals surface area contributed by atoms with Gasteiger partial charge in [0.05, 0.1) is 11.6 Å². The fourth-order valence-corrected chi connectivity index (χ4v) is 3.61. The lowest BCUT2D eigenvalue weighted by atomic mass is 9.94. The summed E-state index contributed by atoms with van der Waals surface area (Å²) < 4.78 is 0. The van der Waals surface area contributed by atoms with E-state index in [-0.39, 0.29) is 17.7 Å². The monoisotopic (exact) mass is 393 g/mol. The van der Waals surface area contributed by atoms with E-state index in [9.17, 15) is 9.90 Å². The molecule has 3 heteroatoms. The van der Waals surface area contributed by atoms with Crippen LogP contribution in [0, 0.1) is 0 Å². The summed E-state index contributed by atoms with van der Waals surface area (Å²) in [6.45, 7) is 1.95. The van der Waals surface area contributed by atoms with Crippen molar-refractivity contribution < 1.29 is 9.90 Å². The summed E-state index contributed by atoms with van der Waals surface area (Å²) in [6.07, 6.45) is 1.83. The maximum absolute atomic E-state index is 13.4. The maximum Gasteiger partial charge on any atom is 0.252 e. The fourth-order valence-electron chi connectivity index (χ4n) is 3.61. The molecule has 0 heterocycles. The highest BCUT2D eigenvalue weighted by Gasteiger charge is 2.20. The zero-order valence-corrected chi connectivity index (χ0v) is 16.7. The van der Waals surface area contributed by atoms with E-state index in [1.54, 1.807) is 6.07 Å². The van der Waals surface area contributed by atoms with Gasteiger partial charge in [-0.15, -0.1) is 0 Å². The van der Waals surface area contributed by atoms with Crippen LogP contribution >= 0.6 is 0 Å². The van der Waals surface area contributed by atoms with E-state index < -0.39 is 0 Å². The predicted molar refractivity (Wildman–Crippen MR) is 123 cm³/mol. The standard InChI is InChI=1S/C27H23NO2/c1-19(21-12-6-3-7-13-21)28-27(30)24(18-20-10-4-2-5-11-20)26-23-15-9-8-14-22(23)16-17-25(26)29/h2-19,29H,1H3,(H,28,30)/b24-18-/t19-/m1/s1. The molecule has 0 saturated carbocycles. The predicted octanol–water partition coefficient (Wildman–Crippen LogP) is 5.96. The van der Waals surface area contributed by atoms with Crippen LogP contribution in [0.15, 0.2) is 97.1 Å². The number of benzene rings is 4. The van der Waals surface area contributed by atoms with Crippen LogP contribution in [0.1, 0.15) is 29.7 Å². The lowest BCUT2D eigenvalue weighted by Gasteiger charge is -2.18. The molecule has 0 fully saturated rings. The number of carbonyl (C=O) groups excluding carboxylic acids is 1. The lowest BCUT2D eigenvalue weighted by Crippen LogP contribution is -2.27. The fraction of sp³-hybridized carbons (Fsp3) is 0.0741. The molecule has 0 aliphatic rings. The van der Waals surface area contributed by atoms with Gasteiger partial charge in [-0.1, -0.05) is 91.0 Å². The van der Waals surface area contributed by atoms with E-state index in [1.807, 2.05) is 104 Å². The Bertz CT molecular complexity index is 1200. The number of aromatic hydroxyl groups is 1. The molecule has 4 aromatic rings. The van der Waals surface area contributed by atoms with Gasteiger partial charge in [-0.2, -0.15) is 0 Å². The molecule has 4 aromatic carbocycles. The van der Waals surface area contributed by atoms with Gasteiger partial charge in [-0.05, 0) is 41.0 Å². The second kappa shape index (κ2) is 8.66. The van der Waals surface area contributed by atoms with Crippen molar-refractivity contribution in [2.24, 2.45) is 0 Å². The van der Waals surface area contributed by atoms with Crippen LogP contribution in [0.25, 0.3) is 22.4 Å². The van der Waals surface area contributed by atoms with Gasteiger partial charge in [-0.25, -0.2) is 0 Å². The number of fused-ring (bicyclic) bond motifs is 1. The minimum atomic E-state index is -0.234. The van der Waals surface area contributed by atoms with Crippen LogP contribution in [-0.2, 0) is 4.79 Å². The van der Waals surface area contributed by atoms with Crippen LogP contribution in [0.4, 0.5) is 0 Å². The Balaban J connectivity index is 1.81. The molecule has 3 nitrogen and oxygen atoms in total. The van der Waals surface area contributed by atoms with Gasteiger partial charge in [0, 0.05) is 5.56 Å². The van der Waals surface area contributed by atoms with E-state index in [0.29, 0.717) is 11.1 Å². The van der Waals surface area contributed by atoms with Crippen LogP contribution in [0.2, 0.25) is 0 Å². The number of phenolic OH excluding ortho intramolecular Hbond substituents is 1. The number of phenols is 1. The van der Waals surface area contributed by atoms with E-state index in [2.05, 4.69) is 5.32 Å². The molecule has 1 atom stereocenters. The Hall–Kier alpha value is -3.85. The summed E-state index contributed by atoms with van der Waals surface area (Å²) >= 11 is 0. The highest BCUT2D eigenvalue weighted by atomic mass is 16.3. The first kappa shape index (κ1) is 19.5. The molecular formula is C27H23NO2. The van der Waals surface area contributed by atoms with Crippen molar-refractivity contribution in [1.29, 1.82) is 0 Å². The Labute approximate surface area is 176 Å². The highest BCUT2D eigenvalue weighted by Crippen LogP contribution is 2.34. The van der Waals surface area contributed by atoms with Crippen LogP contribution < -0.4 is 5.32 Å². The Morgan fingerprint density at radius 3 is 2.20 bits per heavy atom. The third kappa shape index (κ3) is 4.11. The van der Waals surface area contributed by atoms with Crippen molar-refractivity contribution in [3.05, 3.63) is 114 Å². The number of hydrogen-bond donors (Lipinski definition) is 2. The summed E-state index contributed by atoms with van der Waals surface area (Å²) in [7, 11) is 0. The topological polar surface area (TPSA) is 49.3 Å². The van der Waals surface area contributed by atoms with Crippen LogP contribution in [0.3, 0.4) is 0 Å². The van der Waals surface area contributed by atoms with E-state index in [0.717, 1.165) is 21.9 Å². The van der Waals surface area contributed by atoms with E-state index >= 15 is 0 Å². The van der Waals surface area contributed by atoms with Crippen molar-refractivity contribution >= 4 is 28.3 Å². The average Bonchev–Trinajstić information content (AvgIpc) is 2.79. The minimum absolute atomic E-state index is 0.0818. The molecule has 0 aliphatic heterocycles. The van der Waals surface area contributed by atoms with Crippen LogP contribution in [0.5, 0.6) is 5.75 Å². The molecule has 2 N–H and O–H groups in total. The zero-order chi connectivity index (χ0) is 20.9. The molecule has 1 amide bonds. The SMILES string of the molecule is C[C@@H](NC(=O)/C(=C\c1ccccc1)c1c(O)ccc2ccccc12)c1ccccc1. The molecule has 0 saturated heterocycles. The molecule has 0 bridgehead atoms. The van der Waals surface area contributed by atoms with Crippen molar-refractivity contribution in [1.82, 2.24) is 5.32 Å². The molecule has 30 heavy (non-hydrogen) atoms. The second-order valence-electron chi connectivity index (χ2n) is 7.26. The minimum Gasteiger partial charge on any atom is -0.507 e. The molecule has 148 valence electrons. The van der Waals surface area contributed by atoms with Crippen molar-refractivity contribution in [2.45, 2.75) is 13.0 Å². The number of carbonyl (C=O) groups is 1. The van der Waals surface area contributed by atoms with Crippen molar-refractivity contribution in [2.75, 3.05) is 0 Å². The quantitative estimate of drug-likeness (QED) is 0.324.